The van der Waals surface area contributed by atoms with E-state index >= 15 is 0 Å². The summed E-state index contributed by atoms with van der Waals surface area (Å²) in [7, 11) is 0. The molecule has 2 aromatic rings. The van der Waals surface area contributed by atoms with E-state index in [0.717, 1.165) is 43.4 Å². The van der Waals surface area contributed by atoms with Gasteiger partial charge < -0.3 is 10.6 Å². The Bertz CT molecular complexity index is 764. The lowest BCUT2D eigenvalue weighted by atomic mass is 9.95. The number of thiazole rings is 1. The second-order valence-electron chi connectivity index (χ2n) is 5.96. The molecule has 2 N–H and O–H groups in total. The molecular weight excluding hydrogens is 342 g/mol. The highest BCUT2D eigenvalue weighted by Crippen LogP contribution is 2.38. The second kappa shape index (κ2) is 7.44. The van der Waals surface area contributed by atoms with Gasteiger partial charge in [0.25, 0.3) is 5.91 Å². The second-order valence-corrected chi connectivity index (χ2v) is 8.01. The van der Waals surface area contributed by atoms with Crippen LogP contribution in [-0.2, 0) is 24.1 Å². The van der Waals surface area contributed by atoms with Crippen molar-refractivity contribution in [1.82, 2.24) is 10.3 Å². The van der Waals surface area contributed by atoms with E-state index in [0.29, 0.717) is 17.1 Å². The number of fused-ring (bicyclic) bond motifs is 1. The molecule has 0 radical (unpaired) electrons. The van der Waals surface area contributed by atoms with E-state index in [2.05, 4.69) is 15.6 Å². The van der Waals surface area contributed by atoms with Crippen LogP contribution < -0.4 is 10.6 Å². The number of nitrogens with one attached hydrogen (secondary N) is 2. The Balaban J connectivity index is 1.74. The Morgan fingerprint density at radius 2 is 2.08 bits per heavy atom. The molecule has 0 aromatic carbocycles. The minimum Gasteiger partial charge on any atom is -0.352 e. The smallest absolute Gasteiger partial charge is 0.254 e. The number of hydrogen-bond donors (Lipinski definition) is 2. The molecule has 5 nitrogen and oxygen atoms in total. The summed E-state index contributed by atoms with van der Waals surface area (Å²) in [5.41, 5.74) is 4.66. The van der Waals surface area contributed by atoms with E-state index in [-0.39, 0.29) is 11.8 Å². The lowest BCUT2D eigenvalue weighted by Gasteiger charge is -2.13. The summed E-state index contributed by atoms with van der Waals surface area (Å²) in [4.78, 5) is 30.9. The Labute approximate surface area is 149 Å². The number of rotatable bonds is 5. The SMILES string of the molecule is CC(=O)Nc1sc2c(c1C(=O)NCCc1scnc1C)CCCC2. The van der Waals surface area contributed by atoms with E-state index < -0.39 is 0 Å². The van der Waals surface area contributed by atoms with Crippen LogP contribution in [-0.4, -0.2) is 23.3 Å². The van der Waals surface area contributed by atoms with Gasteiger partial charge in [-0.15, -0.1) is 22.7 Å². The standard InChI is InChI=1S/C17H21N3O2S2/c1-10-13(23-9-19-10)7-8-18-16(22)15-12-5-3-4-6-14(12)24-17(15)20-11(2)21/h9H,3-8H2,1-2H3,(H,18,22)(H,20,21). The molecule has 2 heterocycles. The maximum atomic E-state index is 12.7. The zero-order valence-corrected chi connectivity index (χ0v) is 15.5. The summed E-state index contributed by atoms with van der Waals surface area (Å²) in [6.07, 6.45) is 4.95. The van der Waals surface area contributed by atoms with Crippen molar-refractivity contribution in [3.8, 4) is 0 Å². The average molecular weight is 364 g/mol. The zero-order chi connectivity index (χ0) is 17.1. The number of amides is 2. The molecule has 2 amide bonds. The summed E-state index contributed by atoms with van der Waals surface area (Å²) < 4.78 is 0. The molecule has 7 heteroatoms. The zero-order valence-electron chi connectivity index (χ0n) is 13.9. The van der Waals surface area contributed by atoms with Gasteiger partial charge >= 0.3 is 0 Å². The first kappa shape index (κ1) is 17.1. The first-order valence-electron chi connectivity index (χ1n) is 8.15. The van der Waals surface area contributed by atoms with Gasteiger partial charge in [0.05, 0.1) is 16.8 Å². The Hall–Kier alpha value is -1.73. The van der Waals surface area contributed by atoms with E-state index in [4.69, 9.17) is 0 Å². The lowest BCUT2D eigenvalue weighted by Crippen LogP contribution is -2.27. The number of nitrogens with zero attached hydrogens (tertiary/aromatic N) is 1. The van der Waals surface area contributed by atoms with Crippen LogP contribution in [0.1, 0.15) is 51.1 Å². The topological polar surface area (TPSA) is 71.1 Å². The number of aryl methyl sites for hydroxylation is 2. The van der Waals surface area contributed by atoms with Gasteiger partial charge in [0, 0.05) is 29.6 Å². The van der Waals surface area contributed by atoms with Crippen molar-refractivity contribution < 1.29 is 9.59 Å². The minimum atomic E-state index is -0.136. The molecule has 0 fully saturated rings. The first-order chi connectivity index (χ1) is 11.6. The largest absolute Gasteiger partial charge is 0.352 e. The molecule has 128 valence electrons. The van der Waals surface area contributed by atoms with Gasteiger partial charge in [0.2, 0.25) is 5.91 Å². The number of aromatic nitrogens is 1. The van der Waals surface area contributed by atoms with Gasteiger partial charge in [-0.2, -0.15) is 0 Å². The first-order valence-corrected chi connectivity index (χ1v) is 9.85. The van der Waals surface area contributed by atoms with E-state index in [9.17, 15) is 9.59 Å². The third kappa shape index (κ3) is 3.67. The third-order valence-electron chi connectivity index (χ3n) is 4.17. The fourth-order valence-electron chi connectivity index (χ4n) is 3.00. The Morgan fingerprint density at radius 1 is 1.29 bits per heavy atom. The fourth-order valence-corrected chi connectivity index (χ4v) is 5.11. The van der Waals surface area contributed by atoms with Gasteiger partial charge in [0.15, 0.2) is 0 Å². The van der Waals surface area contributed by atoms with Crippen molar-refractivity contribution in [3.63, 3.8) is 0 Å². The maximum absolute atomic E-state index is 12.7. The predicted molar refractivity (Wildman–Crippen MR) is 98.2 cm³/mol. The summed E-state index contributed by atoms with van der Waals surface area (Å²) in [5.74, 6) is -0.219. The lowest BCUT2D eigenvalue weighted by molar-refractivity contribution is -0.114. The highest BCUT2D eigenvalue weighted by atomic mass is 32.1. The molecule has 1 aliphatic rings. The molecule has 2 aromatic heterocycles. The van der Waals surface area contributed by atoms with Crippen LogP contribution >= 0.6 is 22.7 Å². The van der Waals surface area contributed by atoms with Gasteiger partial charge in [-0.3, -0.25) is 9.59 Å². The number of carbonyl (C=O) groups is 2. The van der Waals surface area contributed by atoms with Crippen molar-refractivity contribution in [2.24, 2.45) is 0 Å². The van der Waals surface area contributed by atoms with Crippen molar-refractivity contribution in [1.29, 1.82) is 0 Å². The van der Waals surface area contributed by atoms with Gasteiger partial charge in [-0.1, -0.05) is 0 Å². The van der Waals surface area contributed by atoms with E-state index in [1.807, 2.05) is 12.4 Å². The molecule has 0 saturated heterocycles. The van der Waals surface area contributed by atoms with Crippen LogP contribution in [0.4, 0.5) is 5.00 Å². The number of anilines is 1. The van der Waals surface area contributed by atoms with Crippen molar-refractivity contribution in [2.45, 2.75) is 46.0 Å². The quantitative estimate of drug-likeness (QED) is 0.856. The molecule has 24 heavy (non-hydrogen) atoms. The molecule has 0 atom stereocenters. The monoisotopic (exact) mass is 363 g/mol. The highest BCUT2D eigenvalue weighted by Gasteiger charge is 2.25. The molecule has 3 rings (SSSR count). The molecular formula is C17H21N3O2S2. The van der Waals surface area contributed by atoms with Crippen LogP contribution in [0.2, 0.25) is 0 Å². The number of thiophene rings is 1. The van der Waals surface area contributed by atoms with E-state index in [1.165, 1.54) is 16.7 Å². The molecule has 0 saturated carbocycles. The summed E-state index contributed by atoms with van der Waals surface area (Å²) in [5, 5.41) is 6.54. The van der Waals surface area contributed by atoms with Crippen LogP contribution in [0.3, 0.4) is 0 Å². The maximum Gasteiger partial charge on any atom is 0.254 e. The van der Waals surface area contributed by atoms with E-state index in [1.54, 1.807) is 22.7 Å². The summed E-state index contributed by atoms with van der Waals surface area (Å²) >= 11 is 3.17. The Kier molecular flexibility index (Phi) is 5.30. The normalized spacial score (nSPS) is 13.4. The van der Waals surface area contributed by atoms with Crippen LogP contribution in [0.25, 0.3) is 0 Å². The summed E-state index contributed by atoms with van der Waals surface area (Å²) in [6, 6.07) is 0. The number of carbonyl (C=O) groups excluding carboxylic acids is 2. The third-order valence-corrected chi connectivity index (χ3v) is 6.37. The highest BCUT2D eigenvalue weighted by molar-refractivity contribution is 7.17. The molecule has 1 aliphatic carbocycles. The predicted octanol–water partition coefficient (Wildman–Crippen LogP) is 3.32. The Morgan fingerprint density at radius 3 is 2.79 bits per heavy atom. The van der Waals surface area contributed by atoms with Gasteiger partial charge in [-0.05, 0) is 38.2 Å². The molecule has 0 spiro atoms. The molecule has 0 bridgehead atoms. The summed E-state index contributed by atoms with van der Waals surface area (Å²) in [6.45, 7) is 4.04. The average Bonchev–Trinajstić information content (AvgIpc) is 3.10. The van der Waals surface area contributed by atoms with Crippen LogP contribution in [0.5, 0.6) is 0 Å². The van der Waals surface area contributed by atoms with Crippen molar-refractivity contribution in [3.05, 3.63) is 32.1 Å². The minimum absolute atomic E-state index is 0.0830. The van der Waals surface area contributed by atoms with Crippen LogP contribution in [0.15, 0.2) is 5.51 Å². The van der Waals surface area contributed by atoms with Crippen molar-refractivity contribution >= 4 is 39.5 Å². The fraction of sp³-hybridized carbons (Fsp3) is 0.471. The van der Waals surface area contributed by atoms with Crippen LogP contribution in [0, 0.1) is 6.92 Å². The van der Waals surface area contributed by atoms with Crippen molar-refractivity contribution in [2.75, 3.05) is 11.9 Å². The van der Waals surface area contributed by atoms with Gasteiger partial charge in [-0.25, -0.2) is 4.98 Å². The number of hydrogen-bond acceptors (Lipinski definition) is 5. The van der Waals surface area contributed by atoms with Gasteiger partial charge in [0.1, 0.15) is 5.00 Å². The molecule has 0 aliphatic heterocycles. The molecule has 0 unspecified atom stereocenters.